The first kappa shape index (κ1) is 20.4. The normalized spacial score (nSPS) is 12.0. The van der Waals surface area contributed by atoms with Crippen LogP contribution in [0.3, 0.4) is 0 Å². The molecule has 6 heteroatoms. The van der Waals surface area contributed by atoms with Gasteiger partial charge in [0.05, 0.1) is 41.1 Å². The van der Waals surface area contributed by atoms with Gasteiger partial charge in [0.1, 0.15) is 0 Å². The number of hydrogen-bond acceptors (Lipinski definition) is 4. The van der Waals surface area contributed by atoms with Crippen LogP contribution in [0, 0.1) is 10.2 Å². The topological polar surface area (TPSA) is 89.4 Å². The van der Waals surface area contributed by atoms with Crippen molar-refractivity contribution in [2.75, 3.05) is 26.2 Å². The van der Waals surface area contributed by atoms with Crippen molar-refractivity contribution >= 4 is 0 Å². The van der Waals surface area contributed by atoms with Gasteiger partial charge in [0.25, 0.3) is 0 Å². The molecule has 0 aliphatic rings. The number of halogens is 1. The van der Waals surface area contributed by atoms with Gasteiger partial charge in [0, 0.05) is 0 Å². The highest BCUT2D eigenvalue weighted by Gasteiger charge is 2.22. The average molecular weight is 287 g/mol. The van der Waals surface area contributed by atoms with Gasteiger partial charge in [-0.25, -0.2) is 0 Å². The Balaban J connectivity index is 0. The molecule has 0 unspecified atom stereocenters. The van der Waals surface area contributed by atoms with E-state index in [9.17, 15) is 0 Å². The third-order valence-corrected chi connectivity index (χ3v) is 2.79. The molecular weight excluding hydrogens is 258 g/mol. The Morgan fingerprint density at radius 3 is 1.00 bits per heavy atom. The first-order valence-corrected chi connectivity index (χ1v) is 7.99. The van der Waals surface area contributed by atoms with Crippen LogP contribution in [-0.4, -0.2) is 35.3 Å². The van der Waals surface area contributed by atoms with E-state index in [1.807, 2.05) is 0 Å². The molecule has 0 aromatic carbocycles. The van der Waals surface area contributed by atoms with Crippen molar-refractivity contribution in [3.05, 3.63) is 0 Å². The van der Waals surface area contributed by atoms with Crippen molar-refractivity contribution in [1.82, 2.24) is 0 Å². The van der Waals surface area contributed by atoms with Gasteiger partial charge in [-0.2, -0.15) is 14.0 Å². The minimum absolute atomic E-state index is 1.33. The van der Waals surface area contributed by atoms with E-state index in [2.05, 4.69) is 27.7 Å². The standard InChI is InChI=1S/C12H28N.ClHO4/c1-5-9-13(10-6-2,11-7-3)12-8-4;2-1(3,4)5/h5-12H2,1-4H3;(H,2,3,4,5)/q+1;. The lowest BCUT2D eigenvalue weighted by Gasteiger charge is -2.38. The zero-order chi connectivity index (χ0) is 14.7. The molecular formula is C12H29ClNO4+. The molecule has 0 aliphatic carbocycles. The van der Waals surface area contributed by atoms with Crippen LogP contribution in [0.4, 0.5) is 0 Å². The molecule has 0 rings (SSSR count). The summed E-state index contributed by atoms with van der Waals surface area (Å²) < 4.78 is 34.1. The molecule has 18 heavy (non-hydrogen) atoms. The van der Waals surface area contributed by atoms with Gasteiger partial charge in [-0.15, -0.1) is 0 Å². The smallest absolute Gasteiger partial charge is 0.0783 e. The zero-order valence-corrected chi connectivity index (χ0v) is 12.9. The minimum Gasteiger partial charge on any atom is -0.324 e. The molecule has 0 bridgehead atoms. The highest BCUT2D eigenvalue weighted by Crippen LogP contribution is 2.12. The van der Waals surface area contributed by atoms with Crippen molar-refractivity contribution in [3.8, 4) is 0 Å². The van der Waals surface area contributed by atoms with Gasteiger partial charge < -0.3 is 4.48 Å². The minimum atomic E-state index is -4.69. The first-order valence-electron chi connectivity index (χ1n) is 6.73. The monoisotopic (exact) mass is 286 g/mol. The molecule has 0 saturated heterocycles. The molecule has 112 valence electrons. The first-order chi connectivity index (χ1) is 8.24. The maximum Gasteiger partial charge on any atom is 0.0783 e. The number of rotatable bonds is 8. The van der Waals surface area contributed by atoms with E-state index >= 15 is 0 Å². The van der Waals surface area contributed by atoms with E-state index in [-0.39, 0.29) is 0 Å². The molecule has 0 spiro atoms. The van der Waals surface area contributed by atoms with Crippen LogP contribution in [0.25, 0.3) is 0 Å². The van der Waals surface area contributed by atoms with Gasteiger partial charge >= 0.3 is 0 Å². The molecule has 0 heterocycles. The Hall–Kier alpha value is 0.0900. The summed E-state index contributed by atoms with van der Waals surface area (Å²) in [6.07, 6.45) is 5.33. The summed E-state index contributed by atoms with van der Waals surface area (Å²) in [7, 11) is -4.69. The van der Waals surface area contributed by atoms with E-state index in [0.29, 0.717) is 0 Å². The second kappa shape index (κ2) is 11.0. The Morgan fingerprint density at radius 2 is 0.889 bits per heavy atom. The van der Waals surface area contributed by atoms with Crippen LogP contribution in [0.5, 0.6) is 0 Å². The van der Waals surface area contributed by atoms with E-state index in [4.69, 9.17) is 18.6 Å². The van der Waals surface area contributed by atoms with Crippen molar-refractivity contribution in [2.45, 2.75) is 53.4 Å². The molecule has 0 radical (unpaired) electrons. The summed E-state index contributed by atoms with van der Waals surface area (Å²) in [5, 5.41) is 0. The lowest BCUT2D eigenvalue weighted by molar-refractivity contribution is -1.92. The van der Waals surface area contributed by atoms with E-state index in [0.717, 1.165) is 0 Å². The van der Waals surface area contributed by atoms with Crippen LogP contribution in [0.2, 0.25) is 0 Å². The molecule has 0 saturated carbocycles. The quantitative estimate of drug-likeness (QED) is 0.599. The van der Waals surface area contributed by atoms with Crippen LogP contribution >= 0.6 is 0 Å². The molecule has 5 nitrogen and oxygen atoms in total. The third-order valence-electron chi connectivity index (χ3n) is 2.79. The van der Waals surface area contributed by atoms with Gasteiger partial charge in [-0.3, -0.25) is 0 Å². The van der Waals surface area contributed by atoms with Gasteiger partial charge in [-0.1, -0.05) is 27.7 Å². The zero-order valence-electron chi connectivity index (χ0n) is 12.2. The lowest BCUT2D eigenvalue weighted by atomic mass is 10.2. The Labute approximate surface area is 113 Å². The van der Waals surface area contributed by atoms with Crippen molar-refractivity contribution in [1.29, 1.82) is 0 Å². The summed E-state index contributed by atoms with van der Waals surface area (Å²) in [5.41, 5.74) is 0. The van der Waals surface area contributed by atoms with E-state index in [1.165, 1.54) is 56.3 Å². The molecule has 0 aromatic heterocycles. The fourth-order valence-corrected chi connectivity index (χ4v) is 2.57. The second-order valence-corrected chi connectivity index (χ2v) is 5.42. The summed E-state index contributed by atoms with van der Waals surface area (Å²) in [5.74, 6) is 0. The SMILES string of the molecule is CCC[N+](CCC)(CCC)CCC.[O-][Cl+3]([O-])([O-])O. The Bertz CT molecular complexity index is 150. The van der Waals surface area contributed by atoms with Crippen LogP contribution < -0.4 is 14.0 Å². The summed E-state index contributed by atoms with van der Waals surface area (Å²) in [6.45, 7) is 14.8. The number of hydrogen-bond donors (Lipinski definition) is 1. The highest BCUT2D eigenvalue weighted by molar-refractivity contribution is 4.43. The Kier molecular flexibility index (Phi) is 12.4. The third kappa shape index (κ3) is 14.2. The van der Waals surface area contributed by atoms with Gasteiger partial charge in [-0.05, 0) is 25.7 Å². The van der Waals surface area contributed by atoms with Crippen LogP contribution in [-0.2, 0) is 0 Å². The second-order valence-electron chi connectivity index (χ2n) is 4.63. The molecule has 0 amide bonds. The summed E-state index contributed by atoms with van der Waals surface area (Å²) >= 11 is 0. The predicted molar refractivity (Wildman–Crippen MR) is 63.1 cm³/mol. The molecule has 0 aliphatic heterocycles. The molecule has 0 atom stereocenters. The molecule has 0 fully saturated rings. The van der Waals surface area contributed by atoms with Crippen LogP contribution in [0.1, 0.15) is 53.4 Å². The van der Waals surface area contributed by atoms with Crippen molar-refractivity contribution in [3.63, 3.8) is 0 Å². The maximum absolute atomic E-state index is 8.60. The Morgan fingerprint density at radius 1 is 0.722 bits per heavy atom. The summed E-state index contributed by atoms with van der Waals surface area (Å²) in [4.78, 5) is 0. The van der Waals surface area contributed by atoms with Crippen LogP contribution in [0.15, 0.2) is 0 Å². The predicted octanol–water partition coefficient (Wildman–Crippen LogP) is -0.681. The van der Waals surface area contributed by atoms with E-state index < -0.39 is 10.2 Å². The lowest BCUT2D eigenvalue weighted by Crippen LogP contribution is -2.58. The molecule has 0 aromatic rings. The fourth-order valence-electron chi connectivity index (χ4n) is 2.57. The van der Waals surface area contributed by atoms with Gasteiger partial charge in [0.15, 0.2) is 0 Å². The average Bonchev–Trinajstić information content (AvgIpc) is 2.16. The van der Waals surface area contributed by atoms with Crippen molar-refractivity contribution < 1.29 is 33.4 Å². The van der Waals surface area contributed by atoms with Crippen molar-refractivity contribution in [2.24, 2.45) is 0 Å². The molecule has 1 N–H and O–H groups in total. The highest BCUT2D eigenvalue weighted by atomic mass is 35.7. The van der Waals surface area contributed by atoms with Gasteiger partial charge in [0.2, 0.25) is 0 Å². The largest absolute Gasteiger partial charge is 0.324 e. The number of nitrogens with zero attached hydrogens (tertiary/aromatic N) is 1. The fraction of sp³-hybridized carbons (Fsp3) is 1.00. The number of quaternary nitrogens is 1. The maximum atomic E-state index is 8.60. The van der Waals surface area contributed by atoms with E-state index in [1.54, 1.807) is 0 Å². The summed E-state index contributed by atoms with van der Waals surface area (Å²) in [6, 6.07) is 0.